The largest absolute Gasteiger partial charge is 0.322 e. The van der Waals surface area contributed by atoms with Crippen LogP contribution in [0.4, 0.5) is 14.9 Å². The molecule has 0 aliphatic heterocycles. The van der Waals surface area contributed by atoms with Crippen LogP contribution in [0, 0.1) is 5.82 Å². The van der Waals surface area contributed by atoms with Gasteiger partial charge in [-0.2, -0.15) is 0 Å². The van der Waals surface area contributed by atoms with Gasteiger partial charge in [0, 0.05) is 18.8 Å². The van der Waals surface area contributed by atoms with Crippen LogP contribution in [0.5, 0.6) is 0 Å². The molecule has 0 bridgehead atoms. The fraction of sp³-hybridized carbons (Fsp3) is 0.222. The summed E-state index contributed by atoms with van der Waals surface area (Å²) in [6.07, 6.45) is 0.536. The Labute approximate surface area is 197 Å². The number of carbonyl (C=O) groups excluding carboxylic acids is 1. The van der Waals surface area contributed by atoms with Crippen LogP contribution in [0.1, 0.15) is 37.7 Å². The van der Waals surface area contributed by atoms with Gasteiger partial charge in [0.15, 0.2) is 0 Å². The number of halogens is 1. The molecule has 174 valence electrons. The van der Waals surface area contributed by atoms with Crippen molar-refractivity contribution in [3.8, 4) is 0 Å². The number of fused-ring (bicyclic) bond motifs is 1. The van der Waals surface area contributed by atoms with Crippen LogP contribution in [-0.4, -0.2) is 20.5 Å². The van der Waals surface area contributed by atoms with E-state index in [1.807, 2.05) is 56.3 Å². The SMILES string of the molecule is CCC(c1nc2ccccc2c(=O)n1CC)N(Cc1ccccc1)C(=O)Nc1cccc(F)c1. The zero-order valence-corrected chi connectivity index (χ0v) is 19.2. The Morgan fingerprint density at radius 1 is 1.03 bits per heavy atom. The molecule has 2 amide bonds. The van der Waals surface area contributed by atoms with Crippen molar-refractivity contribution in [3.63, 3.8) is 0 Å². The first-order chi connectivity index (χ1) is 16.5. The number of rotatable bonds is 7. The van der Waals surface area contributed by atoms with Gasteiger partial charge in [-0.1, -0.05) is 55.5 Å². The van der Waals surface area contributed by atoms with Gasteiger partial charge in [0.05, 0.1) is 16.9 Å². The molecule has 6 nitrogen and oxygen atoms in total. The summed E-state index contributed by atoms with van der Waals surface area (Å²) < 4.78 is 15.4. The summed E-state index contributed by atoms with van der Waals surface area (Å²) in [5.41, 5.74) is 1.75. The van der Waals surface area contributed by atoms with Crippen LogP contribution in [0.2, 0.25) is 0 Å². The Bertz CT molecular complexity index is 1350. The van der Waals surface area contributed by atoms with Gasteiger partial charge in [-0.25, -0.2) is 14.2 Å². The number of amides is 2. The highest BCUT2D eigenvalue weighted by Crippen LogP contribution is 2.27. The maximum atomic E-state index is 13.7. The van der Waals surface area contributed by atoms with Crippen molar-refractivity contribution in [2.24, 2.45) is 0 Å². The second-order valence-electron chi connectivity index (χ2n) is 8.01. The molecule has 7 heteroatoms. The molecule has 1 N–H and O–H groups in total. The van der Waals surface area contributed by atoms with Crippen LogP contribution < -0.4 is 10.9 Å². The lowest BCUT2D eigenvalue weighted by Crippen LogP contribution is -2.40. The standard InChI is InChI=1S/C27H27FN4O2/c1-3-24(25-30-23-16-9-8-15-22(23)26(33)31(25)4-2)32(18-19-11-6-5-7-12-19)27(34)29-21-14-10-13-20(28)17-21/h5-17,24H,3-4,18H2,1-2H3,(H,29,34). The Balaban J connectivity index is 1.80. The normalized spacial score (nSPS) is 11.9. The quantitative estimate of drug-likeness (QED) is 0.384. The Morgan fingerprint density at radius 3 is 2.47 bits per heavy atom. The molecule has 0 radical (unpaired) electrons. The van der Waals surface area contributed by atoms with E-state index in [4.69, 9.17) is 4.98 Å². The summed E-state index contributed by atoms with van der Waals surface area (Å²) in [5, 5.41) is 3.35. The van der Waals surface area contributed by atoms with Crippen molar-refractivity contribution in [1.29, 1.82) is 0 Å². The number of urea groups is 1. The molecule has 3 aromatic carbocycles. The third-order valence-electron chi connectivity index (χ3n) is 5.80. The van der Waals surface area contributed by atoms with E-state index in [2.05, 4.69) is 5.32 Å². The van der Waals surface area contributed by atoms with Crippen molar-refractivity contribution in [2.45, 2.75) is 39.4 Å². The highest BCUT2D eigenvalue weighted by atomic mass is 19.1. The molecule has 1 atom stereocenters. The van der Waals surface area contributed by atoms with E-state index in [9.17, 15) is 14.0 Å². The predicted molar refractivity (Wildman–Crippen MR) is 132 cm³/mol. The van der Waals surface area contributed by atoms with Gasteiger partial charge in [0.25, 0.3) is 5.56 Å². The van der Waals surface area contributed by atoms with Crippen molar-refractivity contribution in [1.82, 2.24) is 14.5 Å². The molecule has 1 heterocycles. The lowest BCUT2D eigenvalue weighted by atomic mass is 10.1. The summed E-state index contributed by atoms with van der Waals surface area (Å²) in [5.74, 6) is 0.0921. The second-order valence-corrected chi connectivity index (χ2v) is 8.01. The average Bonchev–Trinajstić information content (AvgIpc) is 2.85. The van der Waals surface area contributed by atoms with E-state index in [0.717, 1.165) is 5.56 Å². The number of benzene rings is 3. The zero-order valence-electron chi connectivity index (χ0n) is 19.2. The highest BCUT2D eigenvalue weighted by molar-refractivity contribution is 5.89. The molecule has 4 aromatic rings. The molecule has 0 aliphatic rings. The molecule has 0 saturated heterocycles. The van der Waals surface area contributed by atoms with Gasteiger partial charge >= 0.3 is 6.03 Å². The highest BCUT2D eigenvalue weighted by Gasteiger charge is 2.28. The van der Waals surface area contributed by atoms with Crippen LogP contribution >= 0.6 is 0 Å². The Hall–Kier alpha value is -4.00. The molecular formula is C27H27FN4O2. The van der Waals surface area contributed by atoms with Gasteiger partial charge in [-0.3, -0.25) is 9.36 Å². The fourth-order valence-corrected chi connectivity index (χ4v) is 4.15. The Morgan fingerprint density at radius 2 is 1.76 bits per heavy atom. The van der Waals surface area contributed by atoms with Crippen molar-refractivity contribution in [2.75, 3.05) is 5.32 Å². The summed E-state index contributed by atoms with van der Waals surface area (Å²) >= 11 is 0. The molecule has 1 unspecified atom stereocenters. The fourth-order valence-electron chi connectivity index (χ4n) is 4.15. The average molecular weight is 459 g/mol. The number of aromatic nitrogens is 2. The van der Waals surface area contributed by atoms with E-state index in [1.165, 1.54) is 12.1 Å². The summed E-state index contributed by atoms with van der Waals surface area (Å²) in [7, 11) is 0. The first kappa shape index (κ1) is 23.2. The van der Waals surface area contributed by atoms with Gasteiger partial charge in [-0.15, -0.1) is 0 Å². The molecule has 0 saturated carbocycles. The van der Waals surface area contributed by atoms with E-state index in [0.29, 0.717) is 41.9 Å². The number of nitrogens with zero attached hydrogens (tertiary/aromatic N) is 3. The molecule has 4 rings (SSSR count). The third-order valence-corrected chi connectivity index (χ3v) is 5.80. The van der Waals surface area contributed by atoms with Crippen LogP contribution in [0.15, 0.2) is 83.7 Å². The maximum Gasteiger partial charge on any atom is 0.322 e. The minimum atomic E-state index is -0.481. The van der Waals surface area contributed by atoms with Gasteiger partial charge in [-0.05, 0) is 49.2 Å². The second kappa shape index (κ2) is 10.3. The van der Waals surface area contributed by atoms with E-state index in [-0.39, 0.29) is 5.56 Å². The summed E-state index contributed by atoms with van der Waals surface area (Å²) in [6.45, 7) is 4.57. The minimum Gasteiger partial charge on any atom is -0.310 e. The number of carbonyl (C=O) groups is 1. The smallest absolute Gasteiger partial charge is 0.310 e. The molecule has 0 spiro atoms. The molecule has 34 heavy (non-hydrogen) atoms. The number of hydrogen-bond acceptors (Lipinski definition) is 3. The van der Waals surface area contributed by atoms with Crippen LogP contribution in [0.3, 0.4) is 0 Å². The third kappa shape index (κ3) is 4.83. The van der Waals surface area contributed by atoms with Gasteiger partial charge < -0.3 is 10.2 Å². The van der Waals surface area contributed by atoms with E-state index < -0.39 is 17.9 Å². The molecular weight excluding hydrogens is 431 g/mol. The Kier molecular flexibility index (Phi) is 7.01. The van der Waals surface area contributed by atoms with Crippen LogP contribution in [0.25, 0.3) is 10.9 Å². The lowest BCUT2D eigenvalue weighted by molar-refractivity contribution is 0.175. The van der Waals surface area contributed by atoms with Crippen LogP contribution in [-0.2, 0) is 13.1 Å². The number of hydrogen-bond donors (Lipinski definition) is 1. The van der Waals surface area contributed by atoms with Crippen molar-refractivity contribution >= 4 is 22.6 Å². The van der Waals surface area contributed by atoms with Crippen molar-refractivity contribution < 1.29 is 9.18 Å². The van der Waals surface area contributed by atoms with E-state index >= 15 is 0 Å². The molecule has 0 aliphatic carbocycles. The monoisotopic (exact) mass is 458 g/mol. The summed E-state index contributed by atoms with van der Waals surface area (Å²) in [4.78, 5) is 33.3. The predicted octanol–water partition coefficient (Wildman–Crippen LogP) is 5.74. The van der Waals surface area contributed by atoms with E-state index in [1.54, 1.807) is 33.7 Å². The molecule has 1 aromatic heterocycles. The lowest BCUT2D eigenvalue weighted by Gasteiger charge is -2.32. The minimum absolute atomic E-state index is 0.133. The number of nitrogens with one attached hydrogen (secondary N) is 1. The topological polar surface area (TPSA) is 67.2 Å². The number of para-hydroxylation sites is 1. The molecule has 0 fully saturated rings. The zero-order chi connectivity index (χ0) is 24.1. The van der Waals surface area contributed by atoms with Gasteiger partial charge in [0.2, 0.25) is 0 Å². The first-order valence-electron chi connectivity index (χ1n) is 11.4. The number of anilines is 1. The summed E-state index contributed by atoms with van der Waals surface area (Å²) in [6, 6.07) is 21.8. The van der Waals surface area contributed by atoms with Crippen molar-refractivity contribution in [3.05, 3.63) is 106 Å². The van der Waals surface area contributed by atoms with Gasteiger partial charge in [0.1, 0.15) is 11.6 Å². The maximum absolute atomic E-state index is 13.7. The first-order valence-corrected chi connectivity index (χ1v) is 11.4.